The summed E-state index contributed by atoms with van der Waals surface area (Å²) in [4.78, 5) is 2.40. The van der Waals surface area contributed by atoms with E-state index < -0.39 is 0 Å². The molecule has 0 aromatic rings. The molecule has 0 N–H and O–H groups in total. The molecule has 0 fully saturated rings. The van der Waals surface area contributed by atoms with Crippen molar-refractivity contribution in [1.82, 2.24) is 4.90 Å². The van der Waals surface area contributed by atoms with E-state index in [1.807, 2.05) is 0 Å². The Hall–Kier alpha value is -0.0400. The second-order valence-electron chi connectivity index (χ2n) is 7.21. The van der Waals surface area contributed by atoms with Gasteiger partial charge in [-0.2, -0.15) is 0 Å². The minimum absolute atomic E-state index is 0.756. The summed E-state index contributed by atoms with van der Waals surface area (Å²) in [5.74, 6) is 3.47. The summed E-state index contributed by atoms with van der Waals surface area (Å²) in [5.41, 5.74) is 0. The lowest BCUT2D eigenvalue weighted by Crippen LogP contribution is -2.30. The van der Waals surface area contributed by atoms with Crippen LogP contribution >= 0.6 is 0 Å². The van der Waals surface area contributed by atoms with Gasteiger partial charge in [0.2, 0.25) is 0 Å². The maximum Gasteiger partial charge on any atom is 0.00891 e. The SMILES string of the molecule is CCC(CCC(C)C(C)C)C(C)CC(CC)N(C)C. The summed E-state index contributed by atoms with van der Waals surface area (Å²) in [5, 5.41) is 0. The van der Waals surface area contributed by atoms with E-state index >= 15 is 0 Å². The zero-order valence-corrected chi connectivity index (χ0v) is 14.9. The summed E-state index contributed by atoms with van der Waals surface area (Å²) >= 11 is 0. The first-order chi connectivity index (χ1) is 8.83. The highest BCUT2D eigenvalue weighted by atomic mass is 15.1. The van der Waals surface area contributed by atoms with Crippen molar-refractivity contribution in [2.45, 2.75) is 79.7 Å². The van der Waals surface area contributed by atoms with Crippen LogP contribution in [0.4, 0.5) is 0 Å². The average molecular weight is 270 g/mol. The van der Waals surface area contributed by atoms with E-state index in [1.54, 1.807) is 0 Å². The number of rotatable bonds is 10. The van der Waals surface area contributed by atoms with E-state index in [9.17, 15) is 0 Å². The van der Waals surface area contributed by atoms with Gasteiger partial charge in [-0.3, -0.25) is 0 Å². The molecule has 19 heavy (non-hydrogen) atoms. The molecular weight excluding hydrogens is 230 g/mol. The lowest BCUT2D eigenvalue weighted by atomic mass is 9.80. The van der Waals surface area contributed by atoms with Crippen LogP contribution in [0.1, 0.15) is 73.6 Å². The summed E-state index contributed by atoms with van der Waals surface area (Å²) in [6, 6.07) is 0.756. The van der Waals surface area contributed by atoms with E-state index in [0.29, 0.717) is 0 Å². The Labute approximate surface area is 123 Å². The quantitative estimate of drug-likeness (QED) is 0.509. The maximum absolute atomic E-state index is 2.47. The van der Waals surface area contributed by atoms with E-state index in [1.165, 1.54) is 32.1 Å². The molecular formula is C18H39N. The summed E-state index contributed by atoms with van der Waals surface area (Å²) in [6.45, 7) is 14.3. The van der Waals surface area contributed by atoms with Crippen LogP contribution in [0.2, 0.25) is 0 Å². The zero-order chi connectivity index (χ0) is 15.0. The van der Waals surface area contributed by atoms with Gasteiger partial charge in [0.1, 0.15) is 0 Å². The highest BCUT2D eigenvalue weighted by Gasteiger charge is 2.21. The van der Waals surface area contributed by atoms with Crippen molar-refractivity contribution in [1.29, 1.82) is 0 Å². The predicted molar refractivity (Wildman–Crippen MR) is 88.6 cm³/mol. The molecule has 0 saturated carbocycles. The molecule has 1 nitrogen and oxygen atoms in total. The summed E-state index contributed by atoms with van der Waals surface area (Å²) < 4.78 is 0. The van der Waals surface area contributed by atoms with Crippen LogP contribution in [-0.4, -0.2) is 25.0 Å². The molecule has 0 rings (SSSR count). The molecule has 0 aliphatic heterocycles. The molecule has 0 radical (unpaired) electrons. The first-order valence-corrected chi connectivity index (χ1v) is 8.49. The minimum Gasteiger partial charge on any atom is -0.306 e. The third-order valence-electron chi connectivity index (χ3n) is 5.31. The molecule has 0 aromatic carbocycles. The molecule has 116 valence electrons. The maximum atomic E-state index is 2.47. The average Bonchev–Trinajstić information content (AvgIpc) is 2.35. The smallest absolute Gasteiger partial charge is 0.00891 e. The van der Waals surface area contributed by atoms with Crippen molar-refractivity contribution >= 4 is 0 Å². The number of hydrogen-bond donors (Lipinski definition) is 0. The Morgan fingerprint density at radius 1 is 0.789 bits per heavy atom. The van der Waals surface area contributed by atoms with Gasteiger partial charge >= 0.3 is 0 Å². The van der Waals surface area contributed by atoms with Gasteiger partial charge in [-0.25, -0.2) is 0 Å². The van der Waals surface area contributed by atoms with E-state index in [0.717, 1.165) is 29.7 Å². The van der Waals surface area contributed by atoms with E-state index in [-0.39, 0.29) is 0 Å². The third-order valence-corrected chi connectivity index (χ3v) is 5.31. The topological polar surface area (TPSA) is 3.24 Å². The molecule has 1 heteroatoms. The van der Waals surface area contributed by atoms with Crippen molar-refractivity contribution in [3.63, 3.8) is 0 Å². The highest BCUT2D eigenvalue weighted by molar-refractivity contribution is 4.74. The van der Waals surface area contributed by atoms with Crippen LogP contribution in [0, 0.1) is 23.7 Å². The fourth-order valence-corrected chi connectivity index (χ4v) is 3.07. The van der Waals surface area contributed by atoms with Gasteiger partial charge in [-0.15, -0.1) is 0 Å². The van der Waals surface area contributed by atoms with E-state index in [2.05, 4.69) is 60.5 Å². The summed E-state index contributed by atoms with van der Waals surface area (Å²) in [7, 11) is 4.45. The Kier molecular flexibility index (Phi) is 9.78. The van der Waals surface area contributed by atoms with Crippen molar-refractivity contribution in [2.24, 2.45) is 23.7 Å². The van der Waals surface area contributed by atoms with Crippen molar-refractivity contribution in [3.8, 4) is 0 Å². The molecule has 0 aliphatic carbocycles. The normalized spacial score (nSPS) is 18.6. The van der Waals surface area contributed by atoms with Gasteiger partial charge in [-0.1, -0.05) is 54.4 Å². The predicted octanol–water partition coefficient (Wildman–Crippen LogP) is 5.45. The number of hydrogen-bond acceptors (Lipinski definition) is 1. The molecule has 0 aliphatic rings. The molecule has 4 unspecified atom stereocenters. The lowest BCUT2D eigenvalue weighted by molar-refractivity contribution is 0.194. The second kappa shape index (κ2) is 9.80. The monoisotopic (exact) mass is 269 g/mol. The molecule has 0 bridgehead atoms. The fraction of sp³-hybridized carbons (Fsp3) is 1.00. The first-order valence-electron chi connectivity index (χ1n) is 8.49. The summed E-state index contributed by atoms with van der Waals surface area (Å²) in [6.07, 6.45) is 6.80. The van der Waals surface area contributed by atoms with Crippen LogP contribution in [0.3, 0.4) is 0 Å². The highest BCUT2D eigenvalue weighted by Crippen LogP contribution is 2.29. The van der Waals surface area contributed by atoms with Gasteiger partial charge in [0.25, 0.3) is 0 Å². The zero-order valence-electron chi connectivity index (χ0n) is 14.9. The van der Waals surface area contributed by atoms with Crippen LogP contribution in [0.15, 0.2) is 0 Å². The molecule has 0 saturated heterocycles. The van der Waals surface area contributed by atoms with Crippen LogP contribution < -0.4 is 0 Å². The Morgan fingerprint density at radius 2 is 1.37 bits per heavy atom. The van der Waals surface area contributed by atoms with Gasteiger partial charge < -0.3 is 4.90 Å². The van der Waals surface area contributed by atoms with Gasteiger partial charge in [0.05, 0.1) is 0 Å². The Morgan fingerprint density at radius 3 is 1.74 bits per heavy atom. The van der Waals surface area contributed by atoms with Crippen molar-refractivity contribution in [2.75, 3.05) is 14.1 Å². The van der Waals surface area contributed by atoms with Crippen LogP contribution in [-0.2, 0) is 0 Å². The Balaban J connectivity index is 4.27. The lowest BCUT2D eigenvalue weighted by Gasteiger charge is -2.31. The van der Waals surface area contributed by atoms with Gasteiger partial charge in [0, 0.05) is 6.04 Å². The van der Waals surface area contributed by atoms with Crippen LogP contribution in [0.25, 0.3) is 0 Å². The molecule has 4 atom stereocenters. The van der Waals surface area contributed by atoms with Crippen molar-refractivity contribution in [3.05, 3.63) is 0 Å². The second-order valence-corrected chi connectivity index (χ2v) is 7.21. The van der Waals surface area contributed by atoms with Gasteiger partial charge in [0.15, 0.2) is 0 Å². The number of nitrogens with zero attached hydrogens (tertiary/aromatic N) is 1. The minimum atomic E-state index is 0.756. The standard InChI is InChI=1S/C18H39N/c1-9-17(12-11-15(5)14(3)4)16(6)13-18(10-2)19(7)8/h14-18H,9-13H2,1-8H3. The first kappa shape index (κ1) is 19.0. The fourth-order valence-electron chi connectivity index (χ4n) is 3.07. The Bertz CT molecular complexity index is 210. The molecule has 0 heterocycles. The van der Waals surface area contributed by atoms with Gasteiger partial charge in [-0.05, 0) is 57.0 Å². The molecule has 0 amide bonds. The third kappa shape index (κ3) is 7.34. The largest absolute Gasteiger partial charge is 0.306 e. The van der Waals surface area contributed by atoms with Crippen molar-refractivity contribution < 1.29 is 0 Å². The molecule has 0 aromatic heterocycles. The van der Waals surface area contributed by atoms with E-state index in [4.69, 9.17) is 0 Å². The molecule has 0 spiro atoms. The van der Waals surface area contributed by atoms with Crippen LogP contribution in [0.5, 0.6) is 0 Å².